The molecule has 3 aromatic rings. The van der Waals surface area contributed by atoms with E-state index in [4.69, 9.17) is 0 Å². The molecule has 0 spiro atoms. The van der Waals surface area contributed by atoms with Gasteiger partial charge in [0, 0.05) is 27.5 Å². The van der Waals surface area contributed by atoms with Crippen LogP contribution < -0.4 is 5.32 Å². The van der Waals surface area contributed by atoms with Crippen molar-refractivity contribution in [1.29, 1.82) is 0 Å². The molecule has 1 aromatic carbocycles. The van der Waals surface area contributed by atoms with Crippen LogP contribution in [-0.2, 0) is 13.1 Å². The van der Waals surface area contributed by atoms with Crippen molar-refractivity contribution >= 4 is 32.8 Å². The first-order valence-electron chi connectivity index (χ1n) is 6.04. The van der Waals surface area contributed by atoms with Crippen molar-refractivity contribution in [1.82, 2.24) is 5.32 Å². The number of nitrogens with one attached hydrogen (secondary N) is 1. The van der Waals surface area contributed by atoms with E-state index in [2.05, 4.69) is 54.0 Å². The Hall–Kier alpha value is -1.16. The van der Waals surface area contributed by atoms with Gasteiger partial charge >= 0.3 is 0 Å². The summed E-state index contributed by atoms with van der Waals surface area (Å²) in [6.45, 7) is 4.06. The summed E-state index contributed by atoms with van der Waals surface area (Å²) in [5.74, 6) is 0. The molecule has 0 saturated carbocycles. The first-order chi connectivity index (χ1) is 8.83. The van der Waals surface area contributed by atoms with Gasteiger partial charge in [0.15, 0.2) is 0 Å². The topological polar surface area (TPSA) is 12.0 Å². The Morgan fingerprint density at radius 1 is 1.06 bits per heavy atom. The Labute approximate surface area is 115 Å². The minimum Gasteiger partial charge on any atom is -0.308 e. The zero-order valence-electron chi connectivity index (χ0n) is 10.3. The zero-order valence-corrected chi connectivity index (χ0v) is 11.9. The fourth-order valence-electron chi connectivity index (χ4n) is 2.07. The van der Waals surface area contributed by atoms with Crippen LogP contribution in [-0.4, -0.2) is 0 Å². The van der Waals surface area contributed by atoms with Crippen LogP contribution in [0.4, 0.5) is 0 Å². The molecule has 3 rings (SSSR count). The number of benzene rings is 1. The van der Waals surface area contributed by atoms with Gasteiger partial charge in [-0.15, -0.1) is 22.7 Å². The van der Waals surface area contributed by atoms with Gasteiger partial charge in [0.05, 0.1) is 0 Å². The number of rotatable bonds is 4. The Morgan fingerprint density at radius 2 is 1.94 bits per heavy atom. The number of aryl methyl sites for hydroxylation is 1. The van der Waals surface area contributed by atoms with E-state index >= 15 is 0 Å². The molecule has 1 N–H and O–H groups in total. The fourth-order valence-corrected chi connectivity index (χ4v) is 3.89. The van der Waals surface area contributed by atoms with Crippen LogP contribution in [0.25, 0.3) is 10.1 Å². The molecule has 92 valence electrons. The molecule has 1 nitrogen and oxygen atoms in total. The maximum atomic E-state index is 3.53. The van der Waals surface area contributed by atoms with Gasteiger partial charge in [0.25, 0.3) is 0 Å². The standard InChI is InChI=1S/C15H15NS2/c1-11-6-7-13(18-11)9-16-8-12-10-17-15-5-3-2-4-14(12)15/h2-7,10,16H,8-9H2,1H3. The normalized spacial score (nSPS) is 11.2. The second-order valence-electron chi connectivity index (χ2n) is 4.37. The largest absolute Gasteiger partial charge is 0.308 e. The highest BCUT2D eigenvalue weighted by Gasteiger charge is 2.03. The highest BCUT2D eigenvalue weighted by Crippen LogP contribution is 2.25. The molecule has 0 atom stereocenters. The third-order valence-electron chi connectivity index (χ3n) is 2.97. The summed E-state index contributed by atoms with van der Waals surface area (Å²) in [6, 6.07) is 13.0. The van der Waals surface area contributed by atoms with Crippen LogP contribution in [0, 0.1) is 6.92 Å². The lowest BCUT2D eigenvalue weighted by atomic mass is 10.2. The predicted molar refractivity (Wildman–Crippen MR) is 81.4 cm³/mol. The van der Waals surface area contributed by atoms with Crippen LogP contribution in [0.15, 0.2) is 41.8 Å². The van der Waals surface area contributed by atoms with Gasteiger partial charge in [-0.25, -0.2) is 0 Å². The summed E-state index contributed by atoms with van der Waals surface area (Å²) in [5.41, 5.74) is 1.41. The molecule has 0 amide bonds. The molecule has 0 radical (unpaired) electrons. The van der Waals surface area contributed by atoms with Crippen LogP contribution in [0.2, 0.25) is 0 Å². The van der Waals surface area contributed by atoms with E-state index in [0.717, 1.165) is 13.1 Å². The first kappa shape index (κ1) is 11.9. The maximum Gasteiger partial charge on any atom is 0.0346 e. The monoisotopic (exact) mass is 273 g/mol. The molecule has 0 saturated heterocycles. The average molecular weight is 273 g/mol. The summed E-state index contributed by atoms with van der Waals surface area (Å²) in [6.07, 6.45) is 0. The second kappa shape index (κ2) is 5.22. The molecule has 3 heteroatoms. The molecule has 0 aliphatic heterocycles. The Morgan fingerprint density at radius 3 is 2.78 bits per heavy atom. The van der Waals surface area contributed by atoms with Crippen LogP contribution >= 0.6 is 22.7 Å². The summed E-state index contributed by atoms with van der Waals surface area (Å²) < 4.78 is 1.38. The molecule has 0 bridgehead atoms. The Kier molecular flexibility index (Phi) is 3.46. The fraction of sp³-hybridized carbons (Fsp3) is 0.200. The van der Waals surface area contributed by atoms with E-state index in [9.17, 15) is 0 Å². The average Bonchev–Trinajstić information content (AvgIpc) is 2.97. The number of hydrogen-bond acceptors (Lipinski definition) is 3. The zero-order chi connectivity index (χ0) is 12.4. The quantitative estimate of drug-likeness (QED) is 0.734. The Bertz CT molecular complexity index is 651. The van der Waals surface area contributed by atoms with E-state index in [1.807, 2.05) is 22.7 Å². The smallest absolute Gasteiger partial charge is 0.0346 e. The molecule has 0 aliphatic rings. The number of thiophene rings is 2. The summed E-state index contributed by atoms with van der Waals surface area (Å²) in [5, 5.41) is 7.17. The summed E-state index contributed by atoms with van der Waals surface area (Å²) in [4.78, 5) is 2.79. The summed E-state index contributed by atoms with van der Waals surface area (Å²) in [7, 11) is 0. The van der Waals surface area contributed by atoms with Gasteiger partial charge in [-0.1, -0.05) is 18.2 Å². The van der Waals surface area contributed by atoms with E-state index in [0.29, 0.717) is 0 Å². The molecule has 2 heterocycles. The van der Waals surface area contributed by atoms with Crippen molar-refractivity contribution < 1.29 is 0 Å². The van der Waals surface area contributed by atoms with Gasteiger partial charge < -0.3 is 5.32 Å². The lowest BCUT2D eigenvalue weighted by Crippen LogP contribution is -2.11. The minimum absolute atomic E-state index is 0.945. The highest BCUT2D eigenvalue weighted by molar-refractivity contribution is 7.17. The highest BCUT2D eigenvalue weighted by atomic mass is 32.1. The van der Waals surface area contributed by atoms with Crippen molar-refractivity contribution in [2.45, 2.75) is 20.0 Å². The van der Waals surface area contributed by atoms with Crippen LogP contribution in [0.3, 0.4) is 0 Å². The van der Waals surface area contributed by atoms with Gasteiger partial charge in [0.1, 0.15) is 0 Å². The third kappa shape index (κ3) is 2.48. The molecular weight excluding hydrogens is 258 g/mol. The van der Waals surface area contributed by atoms with Crippen LogP contribution in [0.5, 0.6) is 0 Å². The van der Waals surface area contributed by atoms with E-state index in [1.54, 1.807) is 0 Å². The molecule has 0 unspecified atom stereocenters. The van der Waals surface area contributed by atoms with Crippen molar-refractivity contribution in [3.8, 4) is 0 Å². The predicted octanol–water partition coefficient (Wildman–Crippen LogP) is 4.56. The van der Waals surface area contributed by atoms with Crippen molar-refractivity contribution in [2.75, 3.05) is 0 Å². The third-order valence-corrected chi connectivity index (χ3v) is 4.98. The van der Waals surface area contributed by atoms with Crippen molar-refractivity contribution in [3.63, 3.8) is 0 Å². The molecular formula is C15H15NS2. The molecule has 0 aliphatic carbocycles. The first-order valence-corrected chi connectivity index (χ1v) is 7.74. The van der Waals surface area contributed by atoms with E-state index < -0.39 is 0 Å². The lowest BCUT2D eigenvalue weighted by molar-refractivity contribution is 0.705. The van der Waals surface area contributed by atoms with E-state index in [1.165, 1.54) is 25.4 Å². The molecule has 2 aromatic heterocycles. The van der Waals surface area contributed by atoms with E-state index in [-0.39, 0.29) is 0 Å². The van der Waals surface area contributed by atoms with Crippen molar-refractivity contribution in [2.24, 2.45) is 0 Å². The second-order valence-corrected chi connectivity index (χ2v) is 6.66. The van der Waals surface area contributed by atoms with Gasteiger partial charge in [-0.2, -0.15) is 0 Å². The molecule has 0 fully saturated rings. The summed E-state index contributed by atoms with van der Waals surface area (Å²) >= 11 is 3.70. The van der Waals surface area contributed by atoms with Gasteiger partial charge in [0.2, 0.25) is 0 Å². The maximum absolute atomic E-state index is 3.53. The van der Waals surface area contributed by atoms with Gasteiger partial charge in [-0.05, 0) is 41.5 Å². The SMILES string of the molecule is Cc1ccc(CNCc2csc3ccccc23)s1. The minimum atomic E-state index is 0.945. The molecule has 18 heavy (non-hydrogen) atoms. The van der Waals surface area contributed by atoms with Crippen molar-refractivity contribution in [3.05, 3.63) is 57.1 Å². The number of fused-ring (bicyclic) bond motifs is 1. The van der Waals surface area contributed by atoms with Gasteiger partial charge in [-0.3, -0.25) is 0 Å². The number of hydrogen-bond donors (Lipinski definition) is 1. The lowest BCUT2D eigenvalue weighted by Gasteiger charge is -2.02. The van der Waals surface area contributed by atoms with Crippen LogP contribution in [0.1, 0.15) is 15.3 Å². The Balaban J connectivity index is 1.66.